The molecule has 2 unspecified atom stereocenters. The molecule has 2 aliphatic heterocycles. The highest BCUT2D eigenvalue weighted by Crippen LogP contribution is 2.28. The van der Waals surface area contributed by atoms with Crippen LogP contribution < -0.4 is 0 Å². The van der Waals surface area contributed by atoms with Crippen molar-refractivity contribution >= 4 is 5.91 Å². The molecule has 30 heavy (non-hydrogen) atoms. The lowest BCUT2D eigenvalue weighted by Gasteiger charge is -2.40. The van der Waals surface area contributed by atoms with Crippen LogP contribution in [-0.4, -0.2) is 60.1 Å². The first-order valence-electron chi connectivity index (χ1n) is 11.2. The summed E-state index contributed by atoms with van der Waals surface area (Å²) >= 11 is 0. The van der Waals surface area contributed by atoms with Gasteiger partial charge in [-0.2, -0.15) is 0 Å². The van der Waals surface area contributed by atoms with Crippen molar-refractivity contribution in [1.29, 1.82) is 0 Å². The minimum absolute atomic E-state index is 0.0797. The van der Waals surface area contributed by atoms with E-state index in [1.54, 1.807) is 0 Å². The molecule has 0 radical (unpaired) electrons. The van der Waals surface area contributed by atoms with Gasteiger partial charge in [0, 0.05) is 44.7 Å². The fraction of sp³-hybridized carbons (Fsp3) is 0.520. The zero-order valence-electron chi connectivity index (χ0n) is 18.0. The maximum absolute atomic E-state index is 12.8. The van der Waals surface area contributed by atoms with E-state index in [4.69, 9.17) is 4.74 Å². The van der Waals surface area contributed by atoms with E-state index >= 15 is 0 Å². The number of nitrogens with zero attached hydrogens (tertiary/aromatic N) is 3. The van der Waals surface area contributed by atoms with Gasteiger partial charge in [0.2, 0.25) is 5.91 Å². The molecule has 2 aliphatic rings. The van der Waals surface area contributed by atoms with E-state index in [0.717, 1.165) is 51.9 Å². The molecular formula is C25H33N3O2. The maximum atomic E-state index is 12.8. The summed E-state index contributed by atoms with van der Waals surface area (Å²) in [5.74, 6) is 0.965. The smallest absolute Gasteiger partial charge is 0.228 e. The average molecular weight is 408 g/mol. The number of hydrogen-bond acceptors (Lipinski definition) is 4. The van der Waals surface area contributed by atoms with E-state index in [9.17, 15) is 4.79 Å². The van der Waals surface area contributed by atoms with E-state index in [2.05, 4.69) is 64.3 Å². The Morgan fingerprint density at radius 1 is 1.10 bits per heavy atom. The Hall–Kier alpha value is -2.24. The molecule has 160 valence electrons. The molecule has 1 aromatic carbocycles. The maximum Gasteiger partial charge on any atom is 0.228 e. The number of aromatic nitrogens is 1. The lowest BCUT2D eigenvalue weighted by molar-refractivity contribution is -0.137. The number of rotatable bonds is 7. The second kappa shape index (κ2) is 10.2. The van der Waals surface area contributed by atoms with Gasteiger partial charge in [-0.3, -0.25) is 14.7 Å². The van der Waals surface area contributed by atoms with Gasteiger partial charge in [0.05, 0.1) is 12.5 Å². The van der Waals surface area contributed by atoms with Crippen LogP contribution in [0.5, 0.6) is 0 Å². The fourth-order valence-corrected chi connectivity index (χ4v) is 4.92. The third-order valence-electron chi connectivity index (χ3n) is 6.71. The fourth-order valence-electron chi connectivity index (χ4n) is 4.92. The summed E-state index contributed by atoms with van der Waals surface area (Å²) in [6.07, 6.45) is 7.79. The number of pyridine rings is 1. The Morgan fingerprint density at radius 3 is 2.50 bits per heavy atom. The quantitative estimate of drug-likeness (QED) is 0.706. The van der Waals surface area contributed by atoms with Crippen molar-refractivity contribution in [3.05, 3.63) is 66.0 Å². The van der Waals surface area contributed by atoms with Gasteiger partial charge < -0.3 is 9.64 Å². The first kappa shape index (κ1) is 21.0. The topological polar surface area (TPSA) is 45.7 Å². The number of likely N-dealkylation sites (tertiary alicyclic amines) is 1. The number of hydrogen-bond donors (Lipinski definition) is 0. The van der Waals surface area contributed by atoms with Crippen molar-refractivity contribution in [3.8, 4) is 0 Å². The molecule has 0 bridgehead atoms. The first-order chi connectivity index (χ1) is 14.7. The van der Waals surface area contributed by atoms with Gasteiger partial charge in [-0.15, -0.1) is 0 Å². The highest BCUT2D eigenvalue weighted by atomic mass is 16.5. The number of piperidine rings is 1. The monoisotopic (exact) mass is 407 g/mol. The van der Waals surface area contributed by atoms with Crippen LogP contribution in [0.3, 0.4) is 0 Å². The normalized spacial score (nSPS) is 21.1. The molecule has 2 atom stereocenters. The highest BCUT2D eigenvalue weighted by molar-refractivity contribution is 5.79. The van der Waals surface area contributed by atoms with Gasteiger partial charge in [-0.1, -0.05) is 30.3 Å². The summed E-state index contributed by atoms with van der Waals surface area (Å²) in [6, 6.07) is 15.4. The Balaban J connectivity index is 1.42. The third-order valence-corrected chi connectivity index (χ3v) is 6.71. The van der Waals surface area contributed by atoms with Crippen molar-refractivity contribution in [3.63, 3.8) is 0 Å². The molecule has 1 amide bonds. The SMILES string of the molecule is CN(Cc1ccncc1)C(Cc1ccccc1)C1CCN(C(=O)C2CCOC2)CC1. The number of benzene rings is 1. The molecule has 0 N–H and O–H groups in total. The summed E-state index contributed by atoms with van der Waals surface area (Å²) in [4.78, 5) is 21.5. The van der Waals surface area contributed by atoms with Gasteiger partial charge >= 0.3 is 0 Å². The molecule has 0 spiro atoms. The first-order valence-corrected chi connectivity index (χ1v) is 11.2. The molecule has 1 aromatic heterocycles. The van der Waals surface area contributed by atoms with Crippen LogP contribution in [-0.2, 0) is 22.5 Å². The second-order valence-corrected chi connectivity index (χ2v) is 8.75. The van der Waals surface area contributed by atoms with E-state index in [1.807, 2.05) is 12.4 Å². The molecule has 4 rings (SSSR count). The zero-order chi connectivity index (χ0) is 20.8. The Labute approximate surface area is 180 Å². The van der Waals surface area contributed by atoms with Crippen molar-refractivity contribution in [1.82, 2.24) is 14.8 Å². The Bertz CT molecular complexity index is 785. The lowest BCUT2D eigenvalue weighted by Crippen LogP contribution is -2.47. The number of ether oxygens (including phenoxy) is 1. The molecule has 2 fully saturated rings. The van der Waals surface area contributed by atoms with Crippen molar-refractivity contribution in [2.45, 2.75) is 38.3 Å². The van der Waals surface area contributed by atoms with Crippen LogP contribution in [0.1, 0.15) is 30.4 Å². The molecule has 0 saturated carbocycles. The molecule has 5 nitrogen and oxygen atoms in total. The summed E-state index contributed by atoms with van der Waals surface area (Å²) in [6.45, 7) is 3.98. The third kappa shape index (κ3) is 5.27. The molecule has 2 aromatic rings. The van der Waals surface area contributed by atoms with Gasteiger partial charge in [0.1, 0.15) is 0 Å². The molecule has 3 heterocycles. The number of amides is 1. The van der Waals surface area contributed by atoms with Crippen LogP contribution in [0, 0.1) is 11.8 Å². The predicted molar refractivity (Wildman–Crippen MR) is 118 cm³/mol. The average Bonchev–Trinajstić information content (AvgIpc) is 3.33. The standard InChI is InChI=1S/C25H33N3O2/c1-27(18-21-7-12-26-13-8-21)24(17-20-5-3-2-4-6-20)22-9-14-28(15-10-22)25(29)23-11-16-30-19-23/h2-8,12-13,22-24H,9-11,14-19H2,1H3. The van der Waals surface area contributed by atoms with Crippen LogP contribution >= 0.6 is 0 Å². The van der Waals surface area contributed by atoms with Crippen molar-refractivity contribution < 1.29 is 9.53 Å². The molecular weight excluding hydrogens is 374 g/mol. The van der Waals surface area contributed by atoms with Crippen LogP contribution in [0.15, 0.2) is 54.9 Å². The minimum Gasteiger partial charge on any atom is -0.381 e. The van der Waals surface area contributed by atoms with Crippen molar-refractivity contribution in [2.75, 3.05) is 33.4 Å². The Morgan fingerprint density at radius 2 is 1.83 bits per heavy atom. The summed E-state index contributed by atoms with van der Waals surface area (Å²) < 4.78 is 5.42. The molecule has 0 aliphatic carbocycles. The largest absolute Gasteiger partial charge is 0.381 e. The zero-order valence-corrected chi connectivity index (χ0v) is 18.0. The number of likely N-dealkylation sites (N-methyl/N-ethyl adjacent to an activating group) is 1. The van der Waals surface area contributed by atoms with Crippen LogP contribution in [0.4, 0.5) is 0 Å². The summed E-state index contributed by atoms with van der Waals surface area (Å²) in [7, 11) is 2.24. The van der Waals surface area contributed by atoms with E-state index in [0.29, 0.717) is 24.5 Å². The van der Waals surface area contributed by atoms with Gasteiger partial charge in [0.15, 0.2) is 0 Å². The summed E-state index contributed by atoms with van der Waals surface area (Å²) in [5.41, 5.74) is 2.67. The van der Waals surface area contributed by atoms with Gasteiger partial charge in [-0.05, 0) is 61.9 Å². The predicted octanol–water partition coefficient (Wildman–Crippen LogP) is 3.40. The number of carbonyl (C=O) groups excluding carboxylic acids is 1. The van der Waals surface area contributed by atoms with Gasteiger partial charge in [0.25, 0.3) is 0 Å². The summed E-state index contributed by atoms with van der Waals surface area (Å²) in [5, 5.41) is 0. The second-order valence-electron chi connectivity index (χ2n) is 8.75. The van der Waals surface area contributed by atoms with E-state index < -0.39 is 0 Å². The van der Waals surface area contributed by atoms with E-state index in [-0.39, 0.29) is 5.92 Å². The van der Waals surface area contributed by atoms with E-state index in [1.165, 1.54) is 11.1 Å². The van der Waals surface area contributed by atoms with Crippen LogP contribution in [0.25, 0.3) is 0 Å². The Kier molecular flexibility index (Phi) is 7.13. The highest BCUT2D eigenvalue weighted by Gasteiger charge is 2.34. The van der Waals surface area contributed by atoms with Crippen LogP contribution in [0.2, 0.25) is 0 Å². The minimum atomic E-state index is 0.0797. The van der Waals surface area contributed by atoms with Gasteiger partial charge in [-0.25, -0.2) is 0 Å². The lowest BCUT2D eigenvalue weighted by atomic mass is 9.84. The number of carbonyl (C=O) groups is 1. The molecule has 5 heteroatoms. The molecule has 2 saturated heterocycles. The van der Waals surface area contributed by atoms with Crippen molar-refractivity contribution in [2.24, 2.45) is 11.8 Å².